The molecule has 125 valence electrons. The molecule has 24 heavy (non-hydrogen) atoms. The minimum atomic E-state index is 0. The molecular formula is C22H22IrN-. The average molecular weight is 493 g/mol. The topological polar surface area (TPSA) is 12.9 Å². The van der Waals surface area contributed by atoms with Gasteiger partial charge in [-0.3, -0.25) is 0 Å². The first-order valence-corrected chi connectivity index (χ1v) is 8.63. The summed E-state index contributed by atoms with van der Waals surface area (Å²) in [6, 6.07) is 14.1. The molecule has 1 fully saturated rings. The number of hydrogen-bond acceptors (Lipinski definition) is 1. The minimum absolute atomic E-state index is 0. The first kappa shape index (κ1) is 16.2. The Morgan fingerprint density at radius 2 is 1.75 bits per heavy atom. The maximum Gasteiger partial charge on any atom is 0.0202 e. The fraction of sp³-hybridized carbons (Fsp3) is 0.409. The zero-order valence-electron chi connectivity index (χ0n) is 14.7. The van der Waals surface area contributed by atoms with Gasteiger partial charge in [0.25, 0.3) is 0 Å². The second-order valence-electron chi connectivity index (χ2n) is 8.43. The van der Waals surface area contributed by atoms with Crippen LogP contribution in [-0.2, 0) is 30.9 Å². The van der Waals surface area contributed by atoms with E-state index in [9.17, 15) is 0 Å². The molecule has 1 nitrogen and oxygen atoms in total. The molecule has 2 bridgehead atoms. The molecule has 0 amide bonds. The Hall–Kier alpha value is -1.24. The van der Waals surface area contributed by atoms with Crippen LogP contribution in [0.4, 0.5) is 0 Å². The van der Waals surface area contributed by atoms with Gasteiger partial charge in [0.2, 0.25) is 0 Å². The number of hydrogen-bond donors (Lipinski definition) is 0. The molecule has 2 atom stereocenters. The molecule has 0 saturated heterocycles. The predicted octanol–water partition coefficient (Wildman–Crippen LogP) is 5.53. The van der Waals surface area contributed by atoms with Crippen LogP contribution >= 0.6 is 0 Å². The molecule has 0 N–H and O–H groups in total. The number of pyridine rings is 1. The summed E-state index contributed by atoms with van der Waals surface area (Å²) in [6.07, 6.45) is 4.72. The van der Waals surface area contributed by atoms with Crippen LogP contribution in [0, 0.1) is 11.5 Å². The summed E-state index contributed by atoms with van der Waals surface area (Å²) >= 11 is 0. The Morgan fingerprint density at radius 1 is 1.00 bits per heavy atom. The van der Waals surface area contributed by atoms with Crippen LogP contribution in [0.1, 0.15) is 51.7 Å². The van der Waals surface area contributed by atoms with Gasteiger partial charge in [-0.05, 0) is 45.7 Å². The minimum Gasteiger partial charge on any atom is -0.304 e. The van der Waals surface area contributed by atoms with Crippen molar-refractivity contribution in [3.05, 3.63) is 53.7 Å². The molecule has 2 aromatic carbocycles. The Balaban J connectivity index is 0.00000146. The molecule has 0 spiro atoms. The van der Waals surface area contributed by atoms with Crippen molar-refractivity contribution in [1.29, 1.82) is 0 Å². The fourth-order valence-corrected chi connectivity index (χ4v) is 5.51. The number of aromatic nitrogens is 1. The number of rotatable bonds is 0. The molecule has 1 saturated carbocycles. The Bertz CT molecular complexity index is 990. The van der Waals surface area contributed by atoms with E-state index in [2.05, 4.69) is 64.2 Å². The molecule has 5 rings (SSSR count). The zero-order chi connectivity index (χ0) is 16.0. The van der Waals surface area contributed by atoms with E-state index < -0.39 is 0 Å². The predicted molar refractivity (Wildman–Crippen MR) is 95.8 cm³/mol. The summed E-state index contributed by atoms with van der Waals surface area (Å²) in [4.78, 5) is 4.91. The smallest absolute Gasteiger partial charge is 0.0202 e. The zero-order valence-corrected chi connectivity index (χ0v) is 17.1. The van der Waals surface area contributed by atoms with E-state index in [1.165, 1.54) is 29.2 Å². The van der Waals surface area contributed by atoms with Crippen LogP contribution in [0.3, 0.4) is 0 Å². The van der Waals surface area contributed by atoms with E-state index in [0.717, 1.165) is 10.9 Å². The van der Waals surface area contributed by atoms with Crippen molar-refractivity contribution in [3.63, 3.8) is 0 Å². The first-order chi connectivity index (χ1) is 10.9. The third-order valence-corrected chi connectivity index (χ3v) is 7.70. The summed E-state index contributed by atoms with van der Waals surface area (Å²) in [6.45, 7) is 9.84. The van der Waals surface area contributed by atoms with Crippen molar-refractivity contribution in [2.45, 2.75) is 51.4 Å². The van der Waals surface area contributed by atoms with Gasteiger partial charge in [-0.25, -0.2) is 0 Å². The van der Waals surface area contributed by atoms with Crippen molar-refractivity contribution >= 4 is 21.7 Å². The second kappa shape index (κ2) is 4.68. The van der Waals surface area contributed by atoms with E-state index in [1.807, 2.05) is 6.07 Å². The van der Waals surface area contributed by atoms with Gasteiger partial charge in [-0.2, -0.15) is 0 Å². The van der Waals surface area contributed by atoms with Gasteiger partial charge in [-0.15, -0.1) is 35.0 Å². The Labute approximate surface area is 157 Å². The molecule has 2 unspecified atom stereocenters. The Morgan fingerprint density at radius 3 is 2.54 bits per heavy atom. The first-order valence-electron chi connectivity index (χ1n) is 8.63. The maximum atomic E-state index is 4.91. The summed E-state index contributed by atoms with van der Waals surface area (Å²) in [5.41, 5.74) is 4.91. The van der Waals surface area contributed by atoms with Gasteiger partial charge >= 0.3 is 0 Å². The Kier molecular flexibility index (Phi) is 3.17. The molecular weight excluding hydrogens is 470 g/mol. The van der Waals surface area contributed by atoms with Crippen molar-refractivity contribution in [1.82, 2.24) is 4.98 Å². The molecule has 2 aliphatic rings. The third kappa shape index (κ3) is 1.53. The van der Waals surface area contributed by atoms with Gasteiger partial charge in [-0.1, -0.05) is 39.8 Å². The molecule has 2 aliphatic carbocycles. The van der Waals surface area contributed by atoms with Crippen LogP contribution in [0.25, 0.3) is 21.7 Å². The van der Waals surface area contributed by atoms with Crippen LogP contribution < -0.4 is 0 Å². The van der Waals surface area contributed by atoms with Gasteiger partial charge < -0.3 is 4.98 Å². The van der Waals surface area contributed by atoms with Crippen LogP contribution in [0.5, 0.6) is 0 Å². The second-order valence-corrected chi connectivity index (χ2v) is 8.43. The molecule has 1 radical (unpaired) electrons. The van der Waals surface area contributed by atoms with E-state index in [0.29, 0.717) is 0 Å². The number of benzene rings is 2. The van der Waals surface area contributed by atoms with E-state index >= 15 is 0 Å². The quantitative estimate of drug-likeness (QED) is 0.297. The van der Waals surface area contributed by atoms with Crippen LogP contribution in [-0.4, -0.2) is 4.98 Å². The summed E-state index contributed by atoms with van der Waals surface area (Å²) in [5.74, 6) is 0. The molecule has 1 aromatic heterocycles. The molecule has 1 heterocycles. The van der Waals surface area contributed by atoms with E-state index in [-0.39, 0.29) is 36.4 Å². The number of nitrogens with zero attached hydrogens (tertiary/aromatic N) is 1. The standard InChI is InChI=1S/C22H22N.Ir/c1-20(2)21(3)11-12-22(20,4)18-16-10-9-14-7-5-6-8-15(14)19(16)23-13-17(18)21;/h5-7,9-10,13H,11-12H2,1-4H3;/q-1;. The van der Waals surface area contributed by atoms with Crippen molar-refractivity contribution in [3.8, 4) is 0 Å². The summed E-state index contributed by atoms with van der Waals surface area (Å²) < 4.78 is 0. The monoisotopic (exact) mass is 493 g/mol. The molecule has 3 aromatic rings. The largest absolute Gasteiger partial charge is 0.304 e. The summed E-state index contributed by atoms with van der Waals surface area (Å²) in [7, 11) is 0. The van der Waals surface area contributed by atoms with Crippen LogP contribution in [0.2, 0.25) is 0 Å². The fourth-order valence-electron chi connectivity index (χ4n) is 5.51. The summed E-state index contributed by atoms with van der Waals surface area (Å²) in [5, 5.41) is 3.73. The van der Waals surface area contributed by atoms with Gasteiger partial charge in [0.1, 0.15) is 0 Å². The van der Waals surface area contributed by atoms with Crippen molar-refractivity contribution < 1.29 is 20.1 Å². The van der Waals surface area contributed by atoms with E-state index in [4.69, 9.17) is 4.98 Å². The average Bonchev–Trinajstić information content (AvgIpc) is 2.82. The maximum absolute atomic E-state index is 4.91. The SMILES string of the molecule is CC12CCC(C)(c3c1cnc1c3ccc3ccc[c-]c31)C2(C)C.[Ir]. The third-order valence-electron chi connectivity index (χ3n) is 7.70. The van der Waals surface area contributed by atoms with Crippen molar-refractivity contribution in [2.75, 3.05) is 0 Å². The van der Waals surface area contributed by atoms with Gasteiger partial charge in [0.05, 0.1) is 0 Å². The van der Waals surface area contributed by atoms with Crippen LogP contribution in [0.15, 0.2) is 36.5 Å². The van der Waals surface area contributed by atoms with Crippen molar-refractivity contribution in [2.24, 2.45) is 5.41 Å². The normalized spacial score (nSPS) is 29.7. The van der Waals surface area contributed by atoms with E-state index in [1.54, 1.807) is 5.56 Å². The molecule has 2 heteroatoms. The van der Waals surface area contributed by atoms with Gasteiger partial charge in [0, 0.05) is 31.7 Å². The molecule has 0 aliphatic heterocycles. The van der Waals surface area contributed by atoms with Gasteiger partial charge in [0.15, 0.2) is 0 Å². The number of fused-ring (bicyclic) bond motifs is 9.